The molecule has 0 amide bonds. The van der Waals surface area contributed by atoms with Gasteiger partial charge in [-0.3, -0.25) is 0 Å². The Morgan fingerprint density at radius 2 is 1.07 bits per heavy atom. The van der Waals surface area contributed by atoms with Crippen molar-refractivity contribution in [3.63, 3.8) is 0 Å². The molecule has 4 aromatic rings. The van der Waals surface area contributed by atoms with Crippen molar-refractivity contribution < 1.29 is 9.47 Å². The highest BCUT2D eigenvalue weighted by Gasteiger charge is 2.44. The molecule has 2 N–H and O–H groups in total. The fraction of sp³-hybridized carbons (Fsp3) is 0.364. The summed E-state index contributed by atoms with van der Waals surface area (Å²) in [5, 5.41) is 0. The van der Waals surface area contributed by atoms with E-state index in [4.69, 9.17) is 19.4 Å². The van der Waals surface area contributed by atoms with Crippen molar-refractivity contribution >= 4 is 22.1 Å². The Morgan fingerprint density at radius 3 is 1.43 bits per heavy atom. The molecule has 0 radical (unpaired) electrons. The van der Waals surface area contributed by atoms with Gasteiger partial charge in [0.2, 0.25) is 0 Å². The molecule has 0 aliphatic carbocycles. The fourth-order valence-corrected chi connectivity index (χ4v) is 3.42. The first-order valence-electron chi connectivity index (χ1n) is 9.35. The Bertz CT molecular complexity index is 1060. The molecule has 0 atom stereocenters. The normalized spacial score (nSPS) is 12.6. The van der Waals surface area contributed by atoms with E-state index in [1.807, 2.05) is 36.4 Å². The average molecular weight is 378 g/mol. The minimum absolute atomic E-state index is 0.308. The number of H-pyrrole nitrogens is 2. The maximum absolute atomic E-state index is 5.33. The highest BCUT2D eigenvalue weighted by atomic mass is 16.5. The van der Waals surface area contributed by atoms with E-state index in [1.54, 1.807) is 14.2 Å². The molecule has 0 aliphatic rings. The number of methoxy groups -OCH3 is 2. The number of aromatic amines is 2. The van der Waals surface area contributed by atoms with Gasteiger partial charge in [-0.15, -0.1) is 0 Å². The third kappa shape index (κ3) is 2.71. The quantitative estimate of drug-likeness (QED) is 0.527. The van der Waals surface area contributed by atoms with Gasteiger partial charge < -0.3 is 19.4 Å². The summed E-state index contributed by atoms with van der Waals surface area (Å²) in [6.07, 6.45) is 0. The van der Waals surface area contributed by atoms with Crippen molar-refractivity contribution in [1.82, 2.24) is 19.9 Å². The van der Waals surface area contributed by atoms with Crippen LogP contribution in [0.15, 0.2) is 36.4 Å². The van der Waals surface area contributed by atoms with Crippen LogP contribution in [0.4, 0.5) is 0 Å². The van der Waals surface area contributed by atoms with Crippen LogP contribution < -0.4 is 9.47 Å². The first-order chi connectivity index (χ1) is 13.3. The minimum Gasteiger partial charge on any atom is -0.497 e. The van der Waals surface area contributed by atoms with E-state index < -0.39 is 0 Å². The lowest BCUT2D eigenvalue weighted by molar-refractivity contribution is 0.277. The van der Waals surface area contributed by atoms with Crippen LogP contribution in [0.2, 0.25) is 0 Å². The Labute approximate surface area is 164 Å². The minimum atomic E-state index is -0.308. The highest BCUT2D eigenvalue weighted by Crippen LogP contribution is 2.42. The number of nitrogens with one attached hydrogen (secondary N) is 2. The third-order valence-corrected chi connectivity index (χ3v) is 6.12. The van der Waals surface area contributed by atoms with Crippen LogP contribution in [0.25, 0.3) is 22.1 Å². The SMILES string of the molecule is COc1ccc2nc(C(C)(C)C(C)(C)c3nc4ccc(OC)cc4[nH]3)[nH]c2c1. The first-order valence-corrected chi connectivity index (χ1v) is 9.35. The van der Waals surface area contributed by atoms with Crippen LogP contribution in [0.3, 0.4) is 0 Å². The number of nitrogens with zero attached hydrogens (tertiary/aromatic N) is 2. The molecule has 6 heteroatoms. The van der Waals surface area contributed by atoms with Crippen molar-refractivity contribution in [2.45, 2.75) is 38.5 Å². The van der Waals surface area contributed by atoms with E-state index in [0.717, 1.165) is 45.2 Å². The number of rotatable bonds is 5. The molecule has 0 saturated heterocycles. The monoisotopic (exact) mass is 378 g/mol. The number of fused-ring (bicyclic) bond motifs is 2. The summed E-state index contributed by atoms with van der Waals surface area (Å²) in [6.45, 7) is 8.76. The molecule has 0 bridgehead atoms. The number of hydrogen-bond donors (Lipinski definition) is 2. The highest BCUT2D eigenvalue weighted by molar-refractivity contribution is 5.78. The second-order valence-corrected chi connectivity index (χ2v) is 8.19. The van der Waals surface area contributed by atoms with Gasteiger partial charge >= 0.3 is 0 Å². The van der Waals surface area contributed by atoms with Crippen LogP contribution >= 0.6 is 0 Å². The Balaban J connectivity index is 1.78. The van der Waals surface area contributed by atoms with Crippen LogP contribution in [-0.4, -0.2) is 34.2 Å². The van der Waals surface area contributed by atoms with Gasteiger partial charge in [-0.05, 0) is 24.3 Å². The zero-order chi connectivity index (χ0) is 20.1. The van der Waals surface area contributed by atoms with E-state index in [0.29, 0.717) is 0 Å². The van der Waals surface area contributed by atoms with Gasteiger partial charge in [0.1, 0.15) is 23.1 Å². The zero-order valence-corrected chi connectivity index (χ0v) is 17.2. The molecule has 2 aromatic carbocycles. The molecule has 0 fully saturated rings. The van der Waals surface area contributed by atoms with Crippen LogP contribution in [0, 0.1) is 0 Å². The fourth-order valence-electron chi connectivity index (χ4n) is 3.42. The summed E-state index contributed by atoms with van der Waals surface area (Å²) < 4.78 is 10.7. The van der Waals surface area contributed by atoms with Crippen LogP contribution in [0.5, 0.6) is 11.5 Å². The summed E-state index contributed by atoms with van der Waals surface area (Å²) in [5.74, 6) is 3.45. The lowest BCUT2D eigenvalue weighted by Gasteiger charge is -2.38. The topological polar surface area (TPSA) is 75.8 Å². The molecule has 2 heterocycles. The summed E-state index contributed by atoms with van der Waals surface area (Å²) >= 11 is 0. The van der Waals surface area contributed by atoms with Crippen molar-refractivity contribution in [2.75, 3.05) is 14.2 Å². The maximum Gasteiger partial charge on any atom is 0.121 e. The largest absolute Gasteiger partial charge is 0.497 e. The number of benzene rings is 2. The van der Waals surface area contributed by atoms with E-state index in [1.165, 1.54) is 0 Å². The van der Waals surface area contributed by atoms with E-state index in [2.05, 4.69) is 37.7 Å². The van der Waals surface area contributed by atoms with Gasteiger partial charge in [-0.1, -0.05) is 27.7 Å². The predicted molar refractivity (Wildman–Crippen MR) is 111 cm³/mol. The average Bonchev–Trinajstić information content (AvgIpc) is 3.30. The van der Waals surface area contributed by atoms with Gasteiger partial charge in [-0.2, -0.15) is 0 Å². The lowest BCUT2D eigenvalue weighted by Crippen LogP contribution is -2.42. The van der Waals surface area contributed by atoms with Crippen molar-refractivity contribution in [1.29, 1.82) is 0 Å². The van der Waals surface area contributed by atoms with Gasteiger partial charge in [0.25, 0.3) is 0 Å². The summed E-state index contributed by atoms with van der Waals surface area (Å²) in [7, 11) is 3.34. The smallest absolute Gasteiger partial charge is 0.121 e. The molecule has 0 saturated carbocycles. The molecule has 6 nitrogen and oxygen atoms in total. The first kappa shape index (κ1) is 18.3. The maximum atomic E-state index is 5.33. The number of imidazole rings is 2. The lowest BCUT2D eigenvalue weighted by atomic mass is 9.67. The van der Waals surface area contributed by atoms with Crippen LogP contribution in [-0.2, 0) is 10.8 Å². The van der Waals surface area contributed by atoms with Gasteiger partial charge in [0.15, 0.2) is 0 Å². The van der Waals surface area contributed by atoms with Crippen molar-refractivity contribution in [2.24, 2.45) is 0 Å². The molecule has 28 heavy (non-hydrogen) atoms. The van der Waals surface area contributed by atoms with Crippen LogP contribution in [0.1, 0.15) is 39.3 Å². The predicted octanol–water partition coefficient (Wildman–Crippen LogP) is 4.71. The second kappa shape index (κ2) is 6.26. The number of ether oxygens (including phenoxy) is 2. The Kier molecular flexibility index (Phi) is 4.10. The van der Waals surface area contributed by atoms with E-state index >= 15 is 0 Å². The molecule has 0 spiro atoms. The van der Waals surface area contributed by atoms with Gasteiger partial charge in [0, 0.05) is 23.0 Å². The molecular weight excluding hydrogens is 352 g/mol. The number of aromatic nitrogens is 4. The van der Waals surface area contributed by atoms with Gasteiger partial charge in [0.05, 0.1) is 36.3 Å². The Hall–Kier alpha value is -3.02. The molecule has 146 valence electrons. The molecule has 0 unspecified atom stereocenters. The standard InChI is InChI=1S/C22H26N4O2/c1-21(2,19-23-15-9-7-13(27-5)11-17(15)25-19)22(3,4)20-24-16-10-8-14(28-6)12-18(16)26-20/h7-12H,1-6H3,(H,23,25)(H,24,26). The van der Waals surface area contributed by atoms with E-state index in [-0.39, 0.29) is 10.8 Å². The van der Waals surface area contributed by atoms with Crippen molar-refractivity contribution in [3.8, 4) is 11.5 Å². The molecule has 4 rings (SSSR count). The summed E-state index contributed by atoms with van der Waals surface area (Å²) in [5.41, 5.74) is 3.16. The molecule has 2 aromatic heterocycles. The summed E-state index contributed by atoms with van der Waals surface area (Å²) in [4.78, 5) is 16.7. The van der Waals surface area contributed by atoms with Gasteiger partial charge in [-0.25, -0.2) is 9.97 Å². The zero-order valence-electron chi connectivity index (χ0n) is 17.2. The second-order valence-electron chi connectivity index (χ2n) is 8.19. The number of hydrogen-bond acceptors (Lipinski definition) is 4. The molecule has 0 aliphatic heterocycles. The summed E-state index contributed by atoms with van der Waals surface area (Å²) in [6, 6.07) is 11.8. The third-order valence-electron chi connectivity index (χ3n) is 6.12. The van der Waals surface area contributed by atoms with E-state index in [9.17, 15) is 0 Å². The Morgan fingerprint density at radius 1 is 0.679 bits per heavy atom. The van der Waals surface area contributed by atoms with Crippen molar-refractivity contribution in [3.05, 3.63) is 48.0 Å². The molecular formula is C22H26N4O2.